The number of rotatable bonds is 0. The molecule has 37 valence electrons. The topological polar surface area (TPSA) is 31.5 Å². The molecule has 4 heavy (non-hydrogen) atoms. The summed E-state index contributed by atoms with van der Waals surface area (Å²) in [5, 5.41) is 0. The van der Waals surface area contributed by atoms with Gasteiger partial charge in [-0.1, -0.05) is 0 Å². The normalized spacial score (nSPS) is 0. The van der Waals surface area contributed by atoms with Crippen LogP contribution in [0.5, 0.6) is 0 Å². The Morgan fingerprint density at radius 1 is 1.00 bits per heavy atom. The average molecular weight is 394 g/mol. The molecule has 0 aliphatic rings. The maximum Gasteiger partial charge on any atom is 0 e. The molecule has 0 aromatic heterocycles. The molecule has 0 atom stereocenters. The molecule has 0 saturated heterocycles. The molecule has 2 N–H and O–H groups in total. The zero-order chi connectivity index (χ0) is 0. The van der Waals surface area contributed by atoms with E-state index in [1.54, 1.807) is 0 Å². The van der Waals surface area contributed by atoms with Gasteiger partial charge in [0.05, 0.1) is 0 Å². The molecule has 0 rings (SSSR count). The van der Waals surface area contributed by atoms with Crippen LogP contribution < -0.4 is 0 Å². The first-order chi connectivity index (χ1) is 0. The van der Waals surface area contributed by atoms with Crippen molar-refractivity contribution in [2.45, 2.75) is 0 Å². The van der Waals surface area contributed by atoms with Crippen molar-refractivity contribution in [2.24, 2.45) is 0 Å². The van der Waals surface area contributed by atoms with Gasteiger partial charge in [0.15, 0.2) is 0 Å². The van der Waals surface area contributed by atoms with Crippen molar-refractivity contribution in [1.29, 1.82) is 0 Å². The molecule has 0 unspecified atom stereocenters. The summed E-state index contributed by atoms with van der Waals surface area (Å²) in [4.78, 5) is 0. The molecule has 0 bridgehead atoms. The fraction of sp³-hybridized carbons (Fsp3) is 0. The molecule has 0 aromatic carbocycles. The quantitative estimate of drug-likeness (QED) is 0.437. The van der Waals surface area contributed by atoms with Gasteiger partial charge >= 0.3 is 48.9 Å². The van der Waals surface area contributed by atoms with Gasteiger partial charge in [-0.15, -0.1) is 0 Å². The molecule has 1 nitrogen and oxygen atoms in total. The molecule has 0 amide bonds. The van der Waals surface area contributed by atoms with Gasteiger partial charge in [-0.2, -0.15) is 0 Å². The largest absolute Gasteiger partial charge is 0 e. The van der Waals surface area contributed by atoms with Gasteiger partial charge in [-0.3, -0.25) is 0 Å². The second-order valence-corrected chi connectivity index (χ2v) is 0. The second-order valence-electron chi connectivity index (χ2n) is 0. The van der Waals surface area contributed by atoms with Crippen LogP contribution in [0, 0.1) is 46.9 Å². The van der Waals surface area contributed by atoms with Gasteiger partial charge in [-0.25, -0.2) is 0 Å². The van der Waals surface area contributed by atoms with E-state index in [-0.39, 0.29) is 118 Å². The summed E-state index contributed by atoms with van der Waals surface area (Å²) in [5.74, 6) is 0. The van der Waals surface area contributed by atoms with Crippen molar-refractivity contribution in [3.63, 3.8) is 0 Å². The monoisotopic (exact) mass is 395 g/mol. The molecule has 0 spiro atoms. The Morgan fingerprint density at radius 3 is 1.00 bits per heavy atom. The van der Waals surface area contributed by atoms with Crippen molar-refractivity contribution < 1.29 is 69.5 Å². The summed E-state index contributed by atoms with van der Waals surface area (Å²) in [5.41, 5.74) is 0. The minimum absolute atomic E-state index is 0. The summed E-state index contributed by atoms with van der Waals surface area (Å²) in [7, 11) is 0. The van der Waals surface area contributed by atoms with Crippen LogP contribution in [0.4, 0.5) is 0 Å². The minimum atomic E-state index is 0. The third-order valence-corrected chi connectivity index (χ3v) is 0. The SMILES string of the molecule is O.[BaH2].[Cu].[Yb]. The van der Waals surface area contributed by atoms with E-state index in [1.807, 2.05) is 0 Å². The summed E-state index contributed by atoms with van der Waals surface area (Å²) in [6, 6.07) is 0. The Bertz CT molecular complexity index is 8.00. The molecule has 0 fully saturated rings. The Balaban J connectivity index is 0. The molecule has 1 radical (unpaired) electrons. The van der Waals surface area contributed by atoms with Crippen LogP contribution in [0.25, 0.3) is 0 Å². The van der Waals surface area contributed by atoms with Gasteiger partial charge < -0.3 is 5.48 Å². The van der Waals surface area contributed by atoms with Crippen molar-refractivity contribution in [3.8, 4) is 0 Å². The zero-order valence-corrected chi connectivity index (χ0v) is 3.73. The van der Waals surface area contributed by atoms with Crippen molar-refractivity contribution >= 4 is 48.9 Å². The first-order valence-electron chi connectivity index (χ1n) is 0. The maximum atomic E-state index is 0. The van der Waals surface area contributed by atoms with Crippen LogP contribution >= 0.6 is 0 Å². The van der Waals surface area contributed by atoms with Gasteiger partial charge in [0.1, 0.15) is 0 Å². The van der Waals surface area contributed by atoms with Crippen LogP contribution in [0.1, 0.15) is 0 Å². The zero-order valence-electron chi connectivity index (χ0n) is 1.07. The molecule has 4 heteroatoms. The van der Waals surface area contributed by atoms with Gasteiger partial charge in [-0.05, 0) is 0 Å². The van der Waals surface area contributed by atoms with Crippen molar-refractivity contribution in [2.75, 3.05) is 0 Å². The number of hydrogen-bond acceptors (Lipinski definition) is 0. The molecule has 0 aromatic rings. The van der Waals surface area contributed by atoms with Gasteiger partial charge in [0, 0.05) is 64.0 Å². The Hall–Kier alpha value is 3.57. The fourth-order valence-electron chi connectivity index (χ4n) is 0. The molecular weight excluding hydrogens is 390 g/mol. The maximum absolute atomic E-state index is 0. The van der Waals surface area contributed by atoms with E-state index in [2.05, 4.69) is 0 Å². The first-order valence-corrected chi connectivity index (χ1v) is 0. The van der Waals surface area contributed by atoms with Crippen molar-refractivity contribution in [3.05, 3.63) is 0 Å². The van der Waals surface area contributed by atoms with E-state index in [4.69, 9.17) is 0 Å². The average Bonchev–Trinajstić information content (AvgIpc) is 0. The molecular formula is H4BaCuOYb. The first kappa shape index (κ1) is 25.6. The molecule has 0 heterocycles. The van der Waals surface area contributed by atoms with E-state index >= 15 is 0 Å². The van der Waals surface area contributed by atoms with Crippen molar-refractivity contribution in [1.82, 2.24) is 0 Å². The second kappa shape index (κ2) is 16.0. The van der Waals surface area contributed by atoms with Crippen LogP contribution in [0.15, 0.2) is 0 Å². The molecule has 0 aliphatic heterocycles. The summed E-state index contributed by atoms with van der Waals surface area (Å²) in [6.07, 6.45) is 0. The standard InChI is InChI=1S/Ba.Cu.H2O.Yb.2H/h;;1H2;;;. The van der Waals surface area contributed by atoms with E-state index in [0.29, 0.717) is 0 Å². The predicted molar refractivity (Wildman–Crippen MR) is 12.2 cm³/mol. The Labute approximate surface area is 115 Å². The van der Waals surface area contributed by atoms with E-state index in [9.17, 15) is 0 Å². The number of hydrogen-bond donors (Lipinski definition) is 0. The summed E-state index contributed by atoms with van der Waals surface area (Å²) < 4.78 is 0. The molecule has 0 aliphatic carbocycles. The van der Waals surface area contributed by atoms with Gasteiger partial charge in [0.2, 0.25) is 0 Å². The summed E-state index contributed by atoms with van der Waals surface area (Å²) in [6.45, 7) is 0. The minimum Gasteiger partial charge on any atom is 0 e. The van der Waals surface area contributed by atoms with Crippen LogP contribution in [-0.4, -0.2) is 54.4 Å². The van der Waals surface area contributed by atoms with Crippen LogP contribution in [0.2, 0.25) is 0 Å². The smallest absolute Gasteiger partial charge is 0 e. The third kappa shape index (κ3) is 9.13. The predicted octanol–water partition coefficient (Wildman–Crippen LogP) is -1.74. The van der Waals surface area contributed by atoms with E-state index in [1.165, 1.54) is 0 Å². The third-order valence-electron chi connectivity index (χ3n) is 0. The van der Waals surface area contributed by atoms with E-state index < -0.39 is 0 Å². The summed E-state index contributed by atoms with van der Waals surface area (Å²) >= 11 is 0. The van der Waals surface area contributed by atoms with E-state index in [0.717, 1.165) is 0 Å². The fourth-order valence-corrected chi connectivity index (χ4v) is 0. The van der Waals surface area contributed by atoms with Crippen LogP contribution in [0.3, 0.4) is 0 Å². The molecule has 0 saturated carbocycles. The van der Waals surface area contributed by atoms with Gasteiger partial charge in [0.25, 0.3) is 0 Å². The van der Waals surface area contributed by atoms with Crippen LogP contribution in [-0.2, 0) is 17.1 Å². The Kier molecular flexibility index (Phi) is 103. The Morgan fingerprint density at radius 2 is 1.00 bits per heavy atom.